The Bertz CT molecular complexity index is 280. The number of hydrogen-bond acceptors (Lipinski definition) is 3. The van der Waals surface area contributed by atoms with E-state index in [-0.39, 0.29) is 18.4 Å². The van der Waals surface area contributed by atoms with Crippen molar-refractivity contribution < 1.29 is 10.0 Å². The SMILES string of the molecule is CC1CCCN(C(=O)N(C)CC(N)=NO)C1. The maximum absolute atomic E-state index is 12.0. The summed E-state index contributed by atoms with van der Waals surface area (Å²) in [6.45, 7) is 3.88. The summed E-state index contributed by atoms with van der Waals surface area (Å²) in [5.41, 5.74) is 5.36. The summed E-state index contributed by atoms with van der Waals surface area (Å²) in [7, 11) is 1.65. The van der Waals surface area contributed by atoms with Crippen LogP contribution in [-0.4, -0.2) is 53.6 Å². The third-order valence-electron chi connectivity index (χ3n) is 2.78. The number of hydrogen-bond donors (Lipinski definition) is 2. The average molecular weight is 228 g/mol. The number of nitrogens with two attached hydrogens (primary N) is 1. The number of likely N-dealkylation sites (tertiary alicyclic amines) is 1. The molecule has 2 amide bonds. The van der Waals surface area contributed by atoms with Gasteiger partial charge in [0.1, 0.15) is 0 Å². The first kappa shape index (κ1) is 12.6. The summed E-state index contributed by atoms with van der Waals surface area (Å²) in [6.07, 6.45) is 2.22. The van der Waals surface area contributed by atoms with Gasteiger partial charge in [-0.3, -0.25) is 0 Å². The molecule has 1 saturated heterocycles. The van der Waals surface area contributed by atoms with Gasteiger partial charge in [-0.25, -0.2) is 4.79 Å². The lowest BCUT2D eigenvalue weighted by molar-refractivity contribution is 0.143. The van der Waals surface area contributed by atoms with Crippen molar-refractivity contribution in [1.29, 1.82) is 0 Å². The molecule has 1 heterocycles. The Morgan fingerprint density at radius 2 is 2.38 bits per heavy atom. The highest BCUT2D eigenvalue weighted by molar-refractivity contribution is 5.86. The van der Waals surface area contributed by atoms with Crippen molar-refractivity contribution in [2.45, 2.75) is 19.8 Å². The lowest BCUT2D eigenvalue weighted by atomic mass is 10.0. The summed E-state index contributed by atoms with van der Waals surface area (Å²) in [5, 5.41) is 11.3. The van der Waals surface area contributed by atoms with Crippen LogP contribution in [-0.2, 0) is 0 Å². The van der Waals surface area contributed by atoms with Gasteiger partial charge in [0.2, 0.25) is 0 Å². The minimum atomic E-state index is -0.0573. The topological polar surface area (TPSA) is 82.2 Å². The van der Waals surface area contributed by atoms with Crippen LogP contribution in [0.1, 0.15) is 19.8 Å². The summed E-state index contributed by atoms with van der Waals surface area (Å²) < 4.78 is 0. The Hall–Kier alpha value is -1.46. The number of rotatable bonds is 2. The molecule has 6 nitrogen and oxygen atoms in total. The Morgan fingerprint density at radius 1 is 1.69 bits per heavy atom. The van der Waals surface area contributed by atoms with Crippen molar-refractivity contribution in [3.63, 3.8) is 0 Å². The molecule has 0 saturated carbocycles. The summed E-state index contributed by atoms with van der Waals surface area (Å²) in [6, 6.07) is -0.0573. The number of amides is 2. The van der Waals surface area contributed by atoms with E-state index in [0.717, 1.165) is 19.5 Å². The minimum Gasteiger partial charge on any atom is -0.409 e. The lowest BCUT2D eigenvalue weighted by Crippen LogP contribution is -2.47. The van der Waals surface area contributed by atoms with Gasteiger partial charge >= 0.3 is 6.03 Å². The second-order valence-electron chi connectivity index (χ2n) is 4.42. The number of nitrogens with zero attached hydrogens (tertiary/aromatic N) is 3. The van der Waals surface area contributed by atoms with Gasteiger partial charge in [0.25, 0.3) is 0 Å². The number of urea groups is 1. The normalized spacial score (nSPS) is 22.0. The summed E-state index contributed by atoms with van der Waals surface area (Å²) in [4.78, 5) is 15.2. The van der Waals surface area contributed by atoms with Crippen molar-refractivity contribution in [1.82, 2.24) is 9.80 Å². The molecule has 0 radical (unpaired) electrons. The molecule has 6 heteroatoms. The highest BCUT2D eigenvalue weighted by Crippen LogP contribution is 2.16. The van der Waals surface area contributed by atoms with Gasteiger partial charge < -0.3 is 20.7 Å². The van der Waals surface area contributed by atoms with Crippen LogP contribution in [0.2, 0.25) is 0 Å². The second-order valence-corrected chi connectivity index (χ2v) is 4.42. The molecule has 1 unspecified atom stereocenters. The molecular formula is C10H20N4O2. The summed E-state index contributed by atoms with van der Waals surface area (Å²) in [5.74, 6) is 0.593. The maximum Gasteiger partial charge on any atom is 0.320 e. The van der Waals surface area contributed by atoms with Crippen LogP contribution in [0.25, 0.3) is 0 Å². The van der Waals surface area contributed by atoms with Crippen LogP contribution < -0.4 is 5.73 Å². The Kier molecular flexibility index (Phi) is 4.39. The smallest absolute Gasteiger partial charge is 0.320 e. The molecule has 1 aliphatic rings. The second kappa shape index (κ2) is 5.58. The molecular weight excluding hydrogens is 208 g/mol. The van der Waals surface area contributed by atoms with E-state index in [1.807, 2.05) is 4.90 Å². The molecule has 0 aliphatic carbocycles. The van der Waals surface area contributed by atoms with Crippen LogP contribution in [0, 0.1) is 5.92 Å². The number of amidine groups is 1. The molecule has 0 aromatic heterocycles. The fourth-order valence-electron chi connectivity index (χ4n) is 1.95. The molecule has 0 aromatic carbocycles. The van der Waals surface area contributed by atoms with Crippen LogP contribution in [0.3, 0.4) is 0 Å². The Balaban J connectivity index is 2.49. The number of carbonyl (C=O) groups excluding carboxylic acids is 1. The van der Waals surface area contributed by atoms with Crippen molar-refractivity contribution in [3.8, 4) is 0 Å². The molecule has 16 heavy (non-hydrogen) atoms. The molecule has 1 atom stereocenters. The van der Waals surface area contributed by atoms with E-state index >= 15 is 0 Å². The van der Waals surface area contributed by atoms with Crippen molar-refractivity contribution >= 4 is 11.9 Å². The zero-order chi connectivity index (χ0) is 12.1. The van der Waals surface area contributed by atoms with E-state index in [1.54, 1.807) is 7.05 Å². The van der Waals surface area contributed by atoms with Crippen LogP contribution in [0.4, 0.5) is 4.79 Å². The van der Waals surface area contributed by atoms with E-state index in [0.29, 0.717) is 5.92 Å². The fourth-order valence-corrected chi connectivity index (χ4v) is 1.95. The number of carbonyl (C=O) groups is 1. The maximum atomic E-state index is 12.0. The van der Waals surface area contributed by atoms with Crippen LogP contribution in [0.15, 0.2) is 5.16 Å². The standard InChI is InChI=1S/C10H20N4O2/c1-8-4-3-5-14(6-8)10(15)13(2)7-9(11)12-16/h8,16H,3-7H2,1-2H3,(H2,11,12). The Morgan fingerprint density at radius 3 is 2.94 bits per heavy atom. The van der Waals surface area contributed by atoms with Gasteiger partial charge in [0, 0.05) is 20.1 Å². The molecule has 0 spiro atoms. The fraction of sp³-hybridized carbons (Fsp3) is 0.800. The predicted octanol–water partition coefficient (Wildman–Crippen LogP) is 0.516. The van der Waals surface area contributed by atoms with Gasteiger partial charge in [-0.05, 0) is 18.8 Å². The first-order valence-corrected chi connectivity index (χ1v) is 5.51. The minimum absolute atomic E-state index is 0.0425. The third-order valence-corrected chi connectivity index (χ3v) is 2.78. The predicted molar refractivity (Wildman–Crippen MR) is 61.4 cm³/mol. The first-order valence-electron chi connectivity index (χ1n) is 5.51. The highest BCUT2D eigenvalue weighted by Gasteiger charge is 2.23. The van der Waals surface area contributed by atoms with E-state index < -0.39 is 0 Å². The van der Waals surface area contributed by atoms with Crippen molar-refractivity contribution in [3.05, 3.63) is 0 Å². The molecule has 1 rings (SSSR count). The number of likely N-dealkylation sites (N-methyl/N-ethyl adjacent to an activating group) is 1. The molecule has 1 aliphatic heterocycles. The number of piperidine rings is 1. The Labute approximate surface area is 95.7 Å². The average Bonchev–Trinajstić information content (AvgIpc) is 2.27. The molecule has 92 valence electrons. The summed E-state index contributed by atoms with van der Waals surface area (Å²) >= 11 is 0. The van der Waals surface area contributed by atoms with Gasteiger partial charge in [-0.2, -0.15) is 0 Å². The molecule has 3 N–H and O–H groups in total. The largest absolute Gasteiger partial charge is 0.409 e. The van der Waals surface area contributed by atoms with E-state index in [9.17, 15) is 4.79 Å². The van der Waals surface area contributed by atoms with Crippen LogP contribution >= 0.6 is 0 Å². The zero-order valence-corrected chi connectivity index (χ0v) is 9.89. The van der Waals surface area contributed by atoms with Crippen molar-refractivity contribution in [2.24, 2.45) is 16.8 Å². The third kappa shape index (κ3) is 3.29. The van der Waals surface area contributed by atoms with Crippen LogP contribution in [0.5, 0.6) is 0 Å². The highest BCUT2D eigenvalue weighted by atomic mass is 16.4. The molecule has 1 fully saturated rings. The van der Waals surface area contributed by atoms with Gasteiger partial charge in [-0.1, -0.05) is 12.1 Å². The monoisotopic (exact) mass is 228 g/mol. The molecule has 0 aromatic rings. The van der Waals surface area contributed by atoms with E-state index in [4.69, 9.17) is 10.9 Å². The van der Waals surface area contributed by atoms with Crippen molar-refractivity contribution in [2.75, 3.05) is 26.7 Å². The van der Waals surface area contributed by atoms with E-state index in [2.05, 4.69) is 12.1 Å². The number of oxime groups is 1. The quantitative estimate of drug-likeness (QED) is 0.313. The zero-order valence-electron chi connectivity index (χ0n) is 9.89. The van der Waals surface area contributed by atoms with Gasteiger partial charge in [0.15, 0.2) is 5.84 Å². The van der Waals surface area contributed by atoms with E-state index in [1.165, 1.54) is 11.3 Å². The van der Waals surface area contributed by atoms with Gasteiger partial charge in [-0.15, -0.1) is 0 Å². The van der Waals surface area contributed by atoms with Gasteiger partial charge in [0.05, 0.1) is 6.54 Å². The lowest BCUT2D eigenvalue weighted by Gasteiger charge is -2.33. The molecule has 0 bridgehead atoms. The first-order chi connectivity index (χ1) is 7.54.